The van der Waals surface area contributed by atoms with Crippen molar-refractivity contribution < 1.29 is 37.4 Å². The minimum absolute atomic E-state index is 0.0324. The molecule has 5 aromatic carbocycles. The van der Waals surface area contributed by atoms with Gasteiger partial charge in [0, 0.05) is 12.1 Å². The quantitative estimate of drug-likeness (QED) is 0.0802. The number of halogens is 3. The molecule has 13 heteroatoms. The second-order valence-corrected chi connectivity index (χ2v) is 10.9. The number of nitrogens with two attached hydrogens (primary N) is 2. The number of nitrogens with one attached hydrogen (secondary N) is 2. The van der Waals surface area contributed by atoms with E-state index in [-0.39, 0.29) is 24.3 Å². The number of nitrogens with zero attached hydrogens (tertiary/aromatic N) is 1. The number of hydrogen-bond acceptors (Lipinski definition) is 5. The van der Waals surface area contributed by atoms with Crippen LogP contribution >= 0.6 is 0 Å². The molecule has 0 radical (unpaired) electrons. The van der Waals surface area contributed by atoms with Crippen molar-refractivity contribution in [2.45, 2.75) is 25.4 Å². The zero-order chi connectivity index (χ0) is 36.8. The number of aliphatic imine (C=N–C) groups is 1. The van der Waals surface area contributed by atoms with Gasteiger partial charge in [0.1, 0.15) is 18.4 Å². The highest BCUT2D eigenvalue weighted by atomic mass is 19.4. The molecule has 0 fully saturated rings. The number of carboxylic acids is 1. The van der Waals surface area contributed by atoms with Crippen molar-refractivity contribution >= 4 is 29.4 Å². The molecule has 5 rings (SSSR count). The summed E-state index contributed by atoms with van der Waals surface area (Å²) in [6.45, 7) is 0.658. The summed E-state index contributed by atoms with van der Waals surface area (Å²) in [6, 6.07) is 40.2. The van der Waals surface area contributed by atoms with Crippen LogP contribution in [-0.2, 0) is 22.7 Å². The second-order valence-electron chi connectivity index (χ2n) is 10.9. The van der Waals surface area contributed by atoms with Crippen molar-refractivity contribution in [3.8, 4) is 16.9 Å². The molecular formula is C38H34F3N5O5. The number of carbonyl (C=O) groups excluding carboxylic acids is 2. The maximum atomic E-state index is 13.7. The Hall–Kier alpha value is -6.63. The van der Waals surface area contributed by atoms with Gasteiger partial charge >= 0.3 is 12.1 Å². The van der Waals surface area contributed by atoms with Crippen molar-refractivity contribution in [1.82, 2.24) is 10.6 Å². The van der Waals surface area contributed by atoms with E-state index in [0.717, 1.165) is 22.3 Å². The molecule has 0 unspecified atom stereocenters. The van der Waals surface area contributed by atoms with E-state index in [0.29, 0.717) is 29.2 Å². The molecule has 0 saturated carbocycles. The molecule has 262 valence electrons. The molecule has 2 amide bonds. The van der Waals surface area contributed by atoms with Crippen molar-refractivity contribution in [2.75, 3.05) is 0 Å². The number of benzene rings is 5. The van der Waals surface area contributed by atoms with Gasteiger partial charge in [-0.1, -0.05) is 103 Å². The Balaban J connectivity index is 0.000000755. The molecule has 1 atom stereocenters. The minimum Gasteiger partial charge on any atom is -0.489 e. The first-order valence-corrected chi connectivity index (χ1v) is 15.4. The topological polar surface area (TPSA) is 169 Å². The zero-order valence-electron chi connectivity index (χ0n) is 27.0. The van der Waals surface area contributed by atoms with Crippen LogP contribution in [0.2, 0.25) is 0 Å². The Morgan fingerprint density at radius 1 is 0.745 bits per heavy atom. The second kappa shape index (κ2) is 17.7. The zero-order valence-corrected chi connectivity index (χ0v) is 27.0. The van der Waals surface area contributed by atoms with Crippen LogP contribution in [0.1, 0.15) is 33.1 Å². The maximum Gasteiger partial charge on any atom is 0.490 e. The number of hydrogen-bond donors (Lipinski definition) is 5. The van der Waals surface area contributed by atoms with Crippen LogP contribution < -0.4 is 26.8 Å². The highest BCUT2D eigenvalue weighted by molar-refractivity contribution is 6.03. The Morgan fingerprint density at radius 2 is 1.31 bits per heavy atom. The molecule has 0 aliphatic rings. The lowest BCUT2D eigenvalue weighted by molar-refractivity contribution is -0.192. The first-order chi connectivity index (χ1) is 24.4. The summed E-state index contributed by atoms with van der Waals surface area (Å²) in [5.41, 5.74) is 16.2. The van der Waals surface area contributed by atoms with Crippen LogP contribution in [-0.4, -0.2) is 35.0 Å². The number of carbonyl (C=O) groups is 3. The standard InChI is InChI=1S/C36H33N5O3.C2HF3O2/c37-36(38)40-29-19-15-25(16-20-29)23-39-35(43)33(28-17-21-30(22-18-28)44-24-26-9-3-1-4-10-26)41-34(42)32-14-8-7-13-31(32)27-11-5-2-6-12-27;3-2(4,5)1(6)7/h1-22,33H,23-24H2,(H,39,43)(H,41,42)(H4,37,38,40);(H,6,7)/t33-;/m0./s1. The van der Waals surface area contributed by atoms with Crippen molar-refractivity contribution in [3.63, 3.8) is 0 Å². The average Bonchev–Trinajstić information content (AvgIpc) is 3.13. The number of amides is 2. The third-order valence-electron chi connectivity index (χ3n) is 7.16. The Kier molecular flexibility index (Phi) is 12.9. The van der Waals surface area contributed by atoms with E-state index < -0.39 is 18.2 Å². The minimum atomic E-state index is -5.08. The monoisotopic (exact) mass is 697 g/mol. The fourth-order valence-electron chi connectivity index (χ4n) is 4.69. The highest BCUT2D eigenvalue weighted by Gasteiger charge is 2.38. The molecule has 7 N–H and O–H groups in total. The Labute approximate surface area is 291 Å². The van der Waals surface area contributed by atoms with Gasteiger partial charge in [0.15, 0.2) is 5.96 Å². The molecule has 0 heterocycles. The highest BCUT2D eigenvalue weighted by Crippen LogP contribution is 2.25. The summed E-state index contributed by atoms with van der Waals surface area (Å²) in [5.74, 6) is -2.86. The molecule has 5 aromatic rings. The van der Waals surface area contributed by atoms with Gasteiger partial charge in [-0.25, -0.2) is 9.79 Å². The van der Waals surface area contributed by atoms with E-state index in [1.165, 1.54) is 0 Å². The van der Waals surface area contributed by atoms with Gasteiger partial charge in [0.2, 0.25) is 5.91 Å². The summed E-state index contributed by atoms with van der Waals surface area (Å²) in [5, 5.41) is 13.0. The number of rotatable bonds is 11. The van der Waals surface area contributed by atoms with Gasteiger partial charge in [0.25, 0.3) is 5.91 Å². The Morgan fingerprint density at radius 3 is 1.90 bits per heavy atom. The molecule has 0 bridgehead atoms. The van der Waals surface area contributed by atoms with Crippen LogP contribution in [0.15, 0.2) is 138 Å². The number of carboxylic acid groups (broad SMARTS) is 1. The number of guanidine groups is 1. The van der Waals surface area contributed by atoms with E-state index in [2.05, 4.69) is 15.6 Å². The molecule has 0 aromatic heterocycles. The molecule has 10 nitrogen and oxygen atoms in total. The van der Waals surface area contributed by atoms with E-state index >= 15 is 0 Å². The third-order valence-corrected chi connectivity index (χ3v) is 7.16. The third kappa shape index (κ3) is 11.5. The lowest BCUT2D eigenvalue weighted by Gasteiger charge is -2.20. The average molecular weight is 698 g/mol. The van der Waals surface area contributed by atoms with Gasteiger partial charge in [-0.15, -0.1) is 0 Å². The predicted octanol–water partition coefficient (Wildman–Crippen LogP) is 6.26. The summed E-state index contributed by atoms with van der Waals surface area (Å²) in [6.07, 6.45) is -5.08. The lowest BCUT2D eigenvalue weighted by Crippen LogP contribution is -2.40. The fraction of sp³-hybridized carbons (Fsp3) is 0.105. The number of alkyl halides is 3. The molecule has 0 saturated heterocycles. The largest absolute Gasteiger partial charge is 0.490 e. The lowest BCUT2D eigenvalue weighted by atomic mass is 9.98. The van der Waals surface area contributed by atoms with Crippen molar-refractivity contribution in [3.05, 3.63) is 156 Å². The number of aliphatic carboxylic acids is 1. The van der Waals surface area contributed by atoms with E-state index in [9.17, 15) is 22.8 Å². The summed E-state index contributed by atoms with van der Waals surface area (Å²) in [4.78, 5) is 40.3. The molecule has 0 aliphatic carbocycles. The van der Waals surface area contributed by atoms with Crippen molar-refractivity contribution in [1.29, 1.82) is 0 Å². The maximum absolute atomic E-state index is 13.7. The Bertz CT molecular complexity index is 1930. The summed E-state index contributed by atoms with van der Waals surface area (Å²) < 4.78 is 37.7. The van der Waals surface area contributed by atoms with Gasteiger partial charge in [-0.05, 0) is 58.1 Å². The SMILES string of the molecule is NC(N)=Nc1ccc(CNC(=O)[C@@H](NC(=O)c2ccccc2-c2ccccc2)c2ccc(OCc3ccccc3)cc2)cc1.O=C(O)C(F)(F)F. The predicted molar refractivity (Wildman–Crippen MR) is 187 cm³/mol. The molecular weight excluding hydrogens is 663 g/mol. The summed E-state index contributed by atoms with van der Waals surface area (Å²) in [7, 11) is 0. The van der Waals surface area contributed by atoms with E-state index in [1.807, 2.05) is 84.9 Å². The first kappa shape index (κ1) is 37.2. The van der Waals surface area contributed by atoms with E-state index in [4.69, 9.17) is 26.1 Å². The normalized spacial score (nSPS) is 11.2. The first-order valence-electron chi connectivity index (χ1n) is 15.4. The molecule has 0 aliphatic heterocycles. The van der Waals surface area contributed by atoms with Gasteiger partial charge < -0.3 is 31.9 Å². The molecule has 51 heavy (non-hydrogen) atoms. The van der Waals surface area contributed by atoms with Crippen molar-refractivity contribution in [2.24, 2.45) is 16.5 Å². The number of ether oxygens (including phenoxy) is 1. The van der Waals surface area contributed by atoms with Crippen LogP contribution in [0.5, 0.6) is 5.75 Å². The smallest absolute Gasteiger partial charge is 0.489 e. The van der Waals surface area contributed by atoms with Crippen LogP contribution in [0, 0.1) is 0 Å². The fourth-order valence-corrected chi connectivity index (χ4v) is 4.69. The van der Waals surface area contributed by atoms with Crippen LogP contribution in [0.3, 0.4) is 0 Å². The van der Waals surface area contributed by atoms with E-state index in [1.54, 1.807) is 48.5 Å². The van der Waals surface area contributed by atoms with Gasteiger partial charge in [-0.3, -0.25) is 9.59 Å². The summed E-state index contributed by atoms with van der Waals surface area (Å²) >= 11 is 0. The molecule has 0 spiro atoms. The van der Waals surface area contributed by atoms with Gasteiger partial charge in [0.05, 0.1) is 5.69 Å². The van der Waals surface area contributed by atoms with Crippen LogP contribution in [0.25, 0.3) is 11.1 Å². The van der Waals surface area contributed by atoms with Gasteiger partial charge in [-0.2, -0.15) is 13.2 Å². The van der Waals surface area contributed by atoms with Crippen LogP contribution in [0.4, 0.5) is 18.9 Å².